The second-order valence-corrected chi connectivity index (χ2v) is 3.79. The molecule has 0 saturated carbocycles. The molecular weight excluding hydrogens is 229 g/mol. The smallest absolute Gasteiger partial charge is 0.406 e. The van der Waals surface area contributed by atoms with Gasteiger partial charge in [-0.15, -0.1) is 13.2 Å². The van der Waals surface area contributed by atoms with E-state index in [1.807, 2.05) is 13.8 Å². The van der Waals surface area contributed by atoms with Gasteiger partial charge >= 0.3 is 6.36 Å². The standard InChI is InChI=1S/C11H13F3O.C2H6/c1-8(2)7-9-3-5-10(6-4-9)15-11(12,13)14;1-2/h3-6,8H,7H2,1-2H3;1-2H3. The van der Waals surface area contributed by atoms with Crippen molar-refractivity contribution in [2.45, 2.75) is 40.5 Å². The highest BCUT2D eigenvalue weighted by Gasteiger charge is 2.30. The van der Waals surface area contributed by atoms with E-state index in [9.17, 15) is 13.2 Å². The first-order valence-electron chi connectivity index (χ1n) is 5.71. The summed E-state index contributed by atoms with van der Waals surface area (Å²) in [6.45, 7) is 8.11. The zero-order valence-corrected chi connectivity index (χ0v) is 10.6. The molecule has 17 heavy (non-hydrogen) atoms. The molecule has 0 heterocycles. The van der Waals surface area contributed by atoms with Crippen LogP contribution in [0.2, 0.25) is 0 Å². The van der Waals surface area contributed by atoms with Crippen LogP contribution in [0.15, 0.2) is 24.3 Å². The summed E-state index contributed by atoms with van der Waals surface area (Å²) in [7, 11) is 0. The van der Waals surface area contributed by atoms with Crippen LogP contribution in [0.4, 0.5) is 13.2 Å². The number of rotatable bonds is 3. The van der Waals surface area contributed by atoms with Gasteiger partial charge < -0.3 is 4.74 Å². The van der Waals surface area contributed by atoms with E-state index >= 15 is 0 Å². The predicted molar refractivity (Wildman–Crippen MR) is 63.0 cm³/mol. The molecule has 1 aromatic carbocycles. The summed E-state index contributed by atoms with van der Waals surface area (Å²) >= 11 is 0. The maximum atomic E-state index is 11.8. The third-order valence-electron chi connectivity index (χ3n) is 1.80. The quantitative estimate of drug-likeness (QED) is 0.745. The van der Waals surface area contributed by atoms with Crippen molar-refractivity contribution in [3.63, 3.8) is 0 Å². The van der Waals surface area contributed by atoms with Gasteiger partial charge in [0.1, 0.15) is 5.75 Å². The number of alkyl halides is 3. The second kappa shape index (κ2) is 7.20. The molecule has 0 radical (unpaired) electrons. The van der Waals surface area contributed by atoms with Crippen molar-refractivity contribution in [1.29, 1.82) is 0 Å². The fraction of sp³-hybridized carbons (Fsp3) is 0.538. The molecule has 1 nitrogen and oxygen atoms in total. The van der Waals surface area contributed by atoms with Gasteiger partial charge in [0.25, 0.3) is 0 Å². The molecule has 1 aromatic rings. The Hall–Kier alpha value is -1.19. The van der Waals surface area contributed by atoms with E-state index in [-0.39, 0.29) is 5.75 Å². The molecule has 0 aromatic heterocycles. The number of ether oxygens (including phenoxy) is 1. The normalized spacial score (nSPS) is 10.8. The molecule has 0 aliphatic carbocycles. The fourth-order valence-corrected chi connectivity index (χ4v) is 1.30. The third-order valence-corrected chi connectivity index (χ3v) is 1.80. The number of hydrogen-bond acceptors (Lipinski definition) is 1. The van der Waals surface area contributed by atoms with Crippen LogP contribution in [-0.2, 0) is 6.42 Å². The summed E-state index contributed by atoms with van der Waals surface area (Å²) in [5.74, 6) is 0.314. The van der Waals surface area contributed by atoms with Crippen LogP contribution in [0.5, 0.6) is 5.75 Å². The lowest BCUT2D eigenvalue weighted by Gasteiger charge is -2.10. The molecule has 0 saturated heterocycles. The summed E-state index contributed by atoms with van der Waals surface area (Å²) in [5, 5.41) is 0. The summed E-state index contributed by atoms with van der Waals surface area (Å²) < 4.78 is 39.3. The molecule has 0 unspecified atom stereocenters. The van der Waals surface area contributed by atoms with Crippen LogP contribution < -0.4 is 4.74 Å². The minimum absolute atomic E-state index is 0.171. The zero-order valence-electron chi connectivity index (χ0n) is 10.6. The van der Waals surface area contributed by atoms with Gasteiger partial charge in [0, 0.05) is 0 Å². The van der Waals surface area contributed by atoms with Gasteiger partial charge in [-0.3, -0.25) is 0 Å². The first-order chi connectivity index (χ1) is 7.87. The minimum Gasteiger partial charge on any atom is -0.406 e. The largest absolute Gasteiger partial charge is 0.573 e. The molecule has 0 spiro atoms. The highest BCUT2D eigenvalue weighted by atomic mass is 19.4. The minimum atomic E-state index is -4.61. The van der Waals surface area contributed by atoms with Crippen LogP contribution in [0.25, 0.3) is 0 Å². The molecule has 98 valence electrons. The van der Waals surface area contributed by atoms with E-state index in [0.717, 1.165) is 12.0 Å². The predicted octanol–water partition coefficient (Wildman–Crippen LogP) is 4.81. The van der Waals surface area contributed by atoms with Crippen LogP contribution in [0, 0.1) is 5.92 Å². The molecule has 0 aliphatic rings. The summed E-state index contributed by atoms with van der Waals surface area (Å²) in [6.07, 6.45) is -3.76. The molecule has 1 rings (SSSR count). The summed E-state index contributed by atoms with van der Waals surface area (Å²) in [4.78, 5) is 0. The van der Waals surface area contributed by atoms with Crippen LogP contribution >= 0.6 is 0 Å². The zero-order chi connectivity index (χ0) is 13.5. The summed E-state index contributed by atoms with van der Waals surface area (Å²) in [5.41, 5.74) is 1.01. The number of benzene rings is 1. The first kappa shape index (κ1) is 15.8. The van der Waals surface area contributed by atoms with E-state index in [0.29, 0.717) is 5.92 Å². The van der Waals surface area contributed by atoms with Crippen molar-refractivity contribution in [1.82, 2.24) is 0 Å². The van der Waals surface area contributed by atoms with Crippen molar-refractivity contribution in [3.05, 3.63) is 29.8 Å². The van der Waals surface area contributed by atoms with E-state index in [4.69, 9.17) is 0 Å². The molecule has 4 heteroatoms. The highest BCUT2D eigenvalue weighted by molar-refractivity contribution is 5.27. The molecule has 0 atom stereocenters. The second-order valence-electron chi connectivity index (χ2n) is 3.79. The van der Waals surface area contributed by atoms with Crippen LogP contribution in [-0.4, -0.2) is 6.36 Å². The monoisotopic (exact) mass is 248 g/mol. The average Bonchev–Trinajstić information content (AvgIpc) is 2.21. The van der Waals surface area contributed by atoms with Crippen molar-refractivity contribution < 1.29 is 17.9 Å². The molecule has 0 aliphatic heterocycles. The molecule has 0 bridgehead atoms. The number of halogens is 3. The van der Waals surface area contributed by atoms with Gasteiger partial charge in [0.05, 0.1) is 0 Å². The van der Waals surface area contributed by atoms with Crippen molar-refractivity contribution in [2.24, 2.45) is 5.92 Å². The van der Waals surface area contributed by atoms with Gasteiger partial charge in [0.15, 0.2) is 0 Å². The Kier molecular flexibility index (Phi) is 6.69. The maximum Gasteiger partial charge on any atom is 0.573 e. The van der Waals surface area contributed by atoms with E-state index < -0.39 is 6.36 Å². The van der Waals surface area contributed by atoms with Gasteiger partial charge in [-0.25, -0.2) is 0 Å². The Morgan fingerprint density at radius 2 is 1.53 bits per heavy atom. The lowest BCUT2D eigenvalue weighted by molar-refractivity contribution is -0.274. The topological polar surface area (TPSA) is 9.23 Å². The lowest BCUT2D eigenvalue weighted by Crippen LogP contribution is -2.17. The van der Waals surface area contributed by atoms with Gasteiger partial charge in [-0.2, -0.15) is 0 Å². The van der Waals surface area contributed by atoms with Crippen LogP contribution in [0.3, 0.4) is 0 Å². The van der Waals surface area contributed by atoms with Gasteiger partial charge in [-0.05, 0) is 30.0 Å². The van der Waals surface area contributed by atoms with Crippen molar-refractivity contribution >= 4 is 0 Å². The molecule has 0 N–H and O–H groups in total. The van der Waals surface area contributed by atoms with Gasteiger partial charge in [0.2, 0.25) is 0 Å². The fourth-order valence-electron chi connectivity index (χ4n) is 1.30. The van der Waals surface area contributed by atoms with E-state index in [2.05, 4.69) is 18.6 Å². The first-order valence-corrected chi connectivity index (χ1v) is 5.71. The van der Waals surface area contributed by atoms with Crippen LogP contribution in [0.1, 0.15) is 33.3 Å². The van der Waals surface area contributed by atoms with E-state index in [1.165, 1.54) is 12.1 Å². The Balaban J connectivity index is 0.00000121. The number of hydrogen-bond donors (Lipinski definition) is 0. The Bertz CT molecular complexity index is 301. The Morgan fingerprint density at radius 1 is 1.06 bits per heavy atom. The third kappa shape index (κ3) is 7.66. The Morgan fingerprint density at radius 3 is 1.88 bits per heavy atom. The maximum absolute atomic E-state index is 11.8. The SMILES string of the molecule is CC.CC(C)Cc1ccc(OC(F)(F)F)cc1. The van der Waals surface area contributed by atoms with Crippen molar-refractivity contribution in [2.75, 3.05) is 0 Å². The average molecular weight is 248 g/mol. The van der Waals surface area contributed by atoms with E-state index in [1.54, 1.807) is 12.1 Å². The van der Waals surface area contributed by atoms with Gasteiger partial charge in [-0.1, -0.05) is 39.8 Å². The van der Waals surface area contributed by atoms with Crippen molar-refractivity contribution in [3.8, 4) is 5.75 Å². The molecule has 0 fully saturated rings. The molecular formula is C13H19F3O. The highest BCUT2D eigenvalue weighted by Crippen LogP contribution is 2.23. The Labute approximate surface area is 101 Å². The molecule has 0 amide bonds. The lowest BCUT2D eigenvalue weighted by atomic mass is 10.0. The summed E-state index contributed by atoms with van der Waals surface area (Å²) in [6, 6.07) is 5.98.